The maximum atomic E-state index is 2.29. The van der Waals surface area contributed by atoms with E-state index in [0.717, 1.165) is 0 Å². The van der Waals surface area contributed by atoms with Gasteiger partial charge in [0.1, 0.15) is 0 Å². The molecule has 4 aromatic rings. The summed E-state index contributed by atoms with van der Waals surface area (Å²) in [6.45, 7) is 13.2. The van der Waals surface area contributed by atoms with Gasteiger partial charge in [-0.3, -0.25) is 0 Å². The summed E-state index contributed by atoms with van der Waals surface area (Å²) in [4.78, 5) is 0. The van der Waals surface area contributed by atoms with Gasteiger partial charge >= 0.3 is 0 Å². The van der Waals surface area contributed by atoms with Crippen molar-refractivity contribution in [1.82, 2.24) is 0 Å². The smallest absolute Gasteiger partial charge is 0.0146 e. The Morgan fingerprint density at radius 2 is 0.667 bits per heavy atom. The van der Waals surface area contributed by atoms with Gasteiger partial charge in [0.05, 0.1) is 0 Å². The lowest BCUT2D eigenvalue weighted by Crippen LogP contribution is -1.94. The maximum Gasteiger partial charge on any atom is -0.0146 e. The van der Waals surface area contributed by atoms with Crippen molar-refractivity contribution in [3.05, 3.63) is 106 Å². The number of hydrogen-bond donors (Lipinski definition) is 0. The molecule has 0 radical (unpaired) electrons. The Hall–Kier alpha value is -3.12. The van der Waals surface area contributed by atoms with Crippen molar-refractivity contribution >= 4 is 0 Å². The average molecular weight is 391 g/mol. The van der Waals surface area contributed by atoms with Gasteiger partial charge in [-0.15, -0.1) is 0 Å². The summed E-state index contributed by atoms with van der Waals surface area (Å²) < 4.78 is 0. The molecule has 0 aliphatic heterocycles. The van der Waals surface area contributed by atoms with Crippen LogP contribution in [0.3, 0.4) is 0 Å². The molecular weight excluding hydrogens is 360 g/mol. The van der Waals surface area contributed by atoms with Gasteiger partial charge in [-0.25, -0.2) is 0 Å². The highest BCUT2D eigenvalue weighted by atomic mass is 14.2. The largest absolute Gasteiger partial charge is 0.0610 e. The van der Waals surface area contributed by atoms with Crippen LogP contribution in [0.25, 0.3) is 33.4 Å². The molecule has 0 bridgehead atoms. The summed E-state index contributed by atoms with van der Waals surface area (Å²) in [5, 5.41) is 0. The van der Waals surface area contributed by atoms with Crippen molar-refractivity contribution in [1.29, 1.82) is 0 Å². The van der Waals surface area contributed by atoms with Crippen LogP contribution in [0.1, 0.15) is 33.4 Å². The first-order chi connectivity index (χ1) is 14.3. The highest BCUT2D eigenvalue weighted by molar-refractivity contribution is 5.84. The van der Waals surface area contributed by atoms with E-state index in [-0.39, 0.29) is 0 Å². The molecule has 0 aliphatic carbocycles. The van der Waals surface area contributed by atoms with Crippen molar-refractivity contribution in [3.8, 4) is 33.4 Å². The second kappa shape index (κ2) is 7.95. The predicted octanol–water partition coefficient (Wildman–Crippen LogP) is 8.54. The van der Waals surface area contributed by atoms with E-state index < -0.39 is 0 Å². The molecule has 0 spiro atoms. The number of aryl methyl sites for hydroxylation is 4. The molecule has 0 heteroatoms. The first-order valence-corrected chi connectivity index (χ1v) is 10.7. The molecule has 4 aromatic carbocycles. The first kappa shape index (κ1) is 20.2. The van der Waals surface area contributed by atoms with Gasteiger partial charge in [0, 0.05) is 0 Å². The molecular formula is C30H30. The third kappa shape index (κ3) is 3.83. The Kier molecular flexibility index (Phi) is 5.35. The number of benzene rings is 4. The van der Waals surface area contributed by atoms with Gasteiger partial charge in [-0.1, -0.05) is 95.1 Å². The zero-order chi connectivity index (χ0) is 21.4. The van der Waals surface area contributed by atoms with Crippen LogP contribution in [0.5, 0.6) is 0 Å². The first-order valence-electron chi connectivity index (χ1n) is 10.7. The second-order valence-electron chi connectivity index (χ2n) is 8.71. The predicted molar refractivity (Wildman–Crippen MR) is 131 cm³/mol. The minimum Gasteiger partial charge on any atom is -0.0610 e. The molecule has 0 saturated heterocycles. The molecule has 0 amide bonds. The average Bonchev–Trinajstić information content (AvgIpc) is 2.67. The highest BCUT2D eigenvalue weighted by Crippen LogP contribution is 2.37. The Morgan fingerprint density at radius 3 is 1.00 bits per heavy atom. The van der Waals surface area contributed by atoms with Crippen LogP contribution in [0.2, 0.25) is 0 Å². The topological polar surface area (TPSA) is 0 Å². The third-order valence-electron chi connectivity index (χ3n) is 6.02. The molecule has 0 atom stereocenters. The monoisotopic (exact) mass is 390 g/mol. The van der Waals surface area contributed by atoms with Gasteiger partial charge < -0.3 is 0 Å². The van der Waals surface area contributed by atoms with Gasteiger partial charge in [-0.2, -0.15) is 0 Å². The van der Waals surface area contributed by atoms with Crippen molar-refractivity contribution in [3.63, 3.8) is 0 Å². The van der Waals surface area contributed by atoms with E-state index >= 15 is 0 Å². The zero-order valence-electron chi connectivity index (χ0n) is 18.9. The van der Waals surface area contributed by atoms with Crippen LogP contribution < -0.4 is 0 Å². The second-order valence-corrected chi connectivity index (χ2v) is 8.71. The normalized spacial score (nSPS) is 11.0. The summed E-state index contributed by atoms with van der Waals surface area (Å²) in [7, 11) is 0. The van der Waals surface area contributed by atoms with Gasteiger partial charge in [0.25, 0.3) is 0 Å². The van der Waals surface area contributed by atoms with Crippen LogP contribution in [-0.2, 0) is 0 Å². The molecule has 0 aromatic heterocycles. The molecule has 0 aliphatic rings. The van der Waals surface area contributed by atoms with Gasteiger partial charge in [0.2, 0.25) is 0 Å². The van der Waals surface area contributed by atoms with Crippen LogP contribution >= 0.6 is 0 Å². The standard InChI is InChI=1S/C30H30/c1-19-13-20(2)16-25(15-19)27-9-7-11-29(23(27)5)30-12-8-10-28(24(30)6)26-17-21(3)14-22(4)18-26/h7-18H,1-6H3. The molecule has 30 heavy (non-hydrogen) atoms. The Labute approximate surface area is 181 Å². The summed E-state index contributed by atoms with van der Waals surface area (Å²) in [6.07, 6.45) is 0. The van der Waals surface area contributed by atoms with E-state index in [1.807, 2.05) is 0 Å². The molecule has 150 valence electrons. The Balaban J connectivity index is 1.88. The van der Waals surface area contributed by atoms with E-state index in [0.29, 0.717) is 0 Å². The fraction of sp³-hybridized carbons (Fsp3) is 0.200. The number of hydrogen-bond acceptors (Lipinski definition) is 0. The third-order valence-corrected chi connectivity index (χ3v) is 6.02. The van der Waals surface area contributed by atoms with Crippen molar-refractivity contribution < 1.29 is 0 Å². The fourth-order valence-electron chi connectivity index (χ4n) is 4.74. The van der Waals surface area contributed by atoms with Crippen molar-refractivity contribution in [2.24, 2.45) is 0 Å². The molecule has 0 saturated carbocycles. The lowest BCUT2D eigenvalue weighted by molar-refractivity contribution is 1.35. The molecule has 0 fully saturated rings. The maximum absolute atomic E-state index is 2.29. The van der Waals surface area contributed by atoms with E-state index in [1.165, 1.54) is 66.8 Å². The van der Waals surface area contributed by atoms with Crippen LogP contribution in [0.4, 0.5) is 0 Å². The van der Waals surface area contributed by atoms with Crippen LogP contribution in [0.15, 0.2) is 72.8 Å². The van der Waals surface area contributed by atoms with Gasteiger partial charge in [-0.05, 0) is 86.1 Å². The van der Waals surface area contributed by atoms with E-state index in [4.69, 9.17) is 0 Å². The Bertz CT molecular complexity index is 1100. The molecule has 0 heterocycles. The van der Waals surface area contributed by atoms with Crippen molar-refractivity contribution in [2.75, 3.05) is 0 Å². The molecule has 0 nitrogen and oxygen atoms in total. The highest BCUT2D eigenvalue weighted by Gasteiger charge is 2.13. The van der Waals surface area contributed by atoms with E-state index in [1.54, 1.807) is 0 Å². The molecule has 4 rings (SSSR count). The lowest BCUT2D eigenvalue weighted by atomic mass is 9.87. The minimum absolute atomic E-state index is 1.30. The zero-order valence-corrected chi connectivity index (χ0v) is 18.9. The summed E-state index contributed by atoms with van der Waals surface area (Å²) in [5.74, 6) is 0. The van der Waals surface area contributed by atoms with Crippen LogP contribution in [0, 0.1) is 41.5 Å². The van der Waals surface area contributed by atoms with Gasteiger partial charge in [0.15, 0.2) is 0 Å². The number of rotatable bonds is 3. The quantitative estimate of drug-likeness (QED) is 0.329. The lowest BCUT2D eigenvalue weighted by Gasteiger charge is -2.17. The molecule has 0 N–H and O–H groups in total. The summed E-state index contributed by atoms with van der Waals surface area (Å²) in [6, 6.07) is 27.0. The van der Waals surface area contributed by atoms with E-state index in [2.05, 4.69) is 114 Å². The van der Waals surface area contributed by atoms with Crippen molar-refractivity contribution in [2.45, 2.75) is 41.5 Å². The minimum atomic E-state index is 1.30. The Morgan fingerprint density at radius 1 is 0.367 bits per heavy atom. The van der Waals surface area contributed by atoms with E-state index in [9.17, 15) is 0 Å². The SMILES string of the molecule is Cc1cc(C)cc(-c2cccc(-c3cccc(-c4cc(C)cc(C)c4)c3C)c2C)c1. The molecule has 0 unspecified atom stereocenters. The summed E-state index contributed by atoms with van der Waals surface area (Å²) in [5.41, 5.74) is 15.8. The summed E-state index contributed by atoms with van der Waals surface area (Å²) >= 11 is 0. The van der Waals surface area contributed by atoms with Crippen LogP contribution in [-0.4, -0.2) is 0 Å². The fourth-order valence-corrected chi connectivity index (χ4v) is 4.74.